The summed E-state index contributed by atoms with van der Waals surface area (Å²) in [6.07, 6.45) is 9.19. The van der Waals surface area contributed by atoms with Crippen LogP contribution in [0.1, 0.15) is 19.3 Å². The summed E-state index contributed by atoms with van der Waals surface area (Å²) < 4.78 is 0. The number of hydrogen-bond donors (Lipinski definition) is 1. The molecular weight excluding hydrogens is 128 g/mol. The summed E-state index contributed by atoms with van der Waals surface area (Å²) >= 11 is 0. The van der Waals surface area contributed by atoms with Gasteiger partial charge in [0.15, 0.2) is 0 Å². The van der Waals surface area contributed by atoms with Gasteiger partial charge in [-0.1, -0.05) is 12.2 Å². The van der Waals surface area contributed by atoms with Crippen molar-refractivity contribution >= 4 is 6.47 Å². The topological polar surface area (TPSA) is 37.3 Å². The van der Waals surface area contributed by atoms with Gasteiger partial charge in [0.25, 0.3) is 6.47 Å². The van der Waals surface area contributed by atoms with Crippen LogP contribution >= 0.6 is 0 Å². The van der Waals surface area contributed by atoms with Gasteiger partial charge >= 0.3 is 0 Å². The van der Waals surface area contributed by atoms with E-state index in [4.69, 9.17) is 9.90 Å². The van der Waals surface area contributed by atoms with E-state index in [1.165, 1.54) is 19.3 Å². The lowest BCUT2D eigenvalue weighted by Crippen LogP contribution is -1.82. The molecule has 0 spiro atoms. The van der Waals surface area contributed by atoms with Crippen LogP contribution in [0.2, 0.25) is 0 Å². The van der Waals surface area contributed by atoms with Crippen molar-refractivity contribution in [2.24, 2.45) is 11.8 Å². The molecule has 2 atom stereocenters. The van der Waals surface area contributed by atoms with Crippen LogP contribution in [0.15, 0.2) is 12.2 Å². The van der Waals surface area contributed by atoms with Crippen molar-refractivity contribution in [3.8, 4) is 0 Å². The van der Waals surface area contributed by atoms with E-state index in [1.54, 1.807) is 0 Å². The molecule has 2 bridgehead atoms. The Kier molecular flexibility index (Phi) is 2.49. The molecule has 2 nitrogen and oxygen atoms in total. The normalized spacial score (nSPS) is 33.2. The van der Waals surface area contributed by atoms with Crippen LogP contribution in [-0.2, 0) is 4.79 Å². The zero-order valence-corrected chi connectivity index (χ0v) is 5.86. The Morgan fingerprint density at radius 1 is 1.30 bits per heavy atom. The molecule has 10 heavy (non-hydrogen) atoms. The molecule has 2 heteroatoms. The molecule has 1 N–H and O–H groups in total. The highest BCUT2D eigenvalue weighted by Crippen LogP contribution is 2.38. The maximum Gasteiger partial charge on any atom is 0.290 e. The molecule has 0 saturated heterocycles. The maximum absolute atomic E-state index is 8.36. The second-order valence-corrected chi connectivity index (χ2v) is 2.82. The first-order chi connectivity index (χ1) is 4.86. The van der Waals surface area contributed by atoms with Gasteiger partial charge in [0.1, 0.15) is 0 Å². The second kappa shape index (κ2) is 3.40. The molecule has 0 aromatic heterocycles. The third-order valence-corrected chi connectivity index (χ3v) is 2.17. The van der Waals surface area contributed by atoms with E-state index < -0.39 is 0 Å². The van der Waals surface area contributed by atoms with Gasteiger partial charge in [0, 0.05) is 0 Å². The van der Waals surface area contributed by atoms with Crippen molar-refractivity contribution in [3.63, 3.8) is 0 Å². The summed E-state index contributed by atoms with van der Waals surface area (Å²) in [5, 5.41) is 6.89. The summed E-state index contributed by atoms with van der Waals surface area (Å²) in [5.74, 6) is 1.98. The van der Waals surface area contributed by atoms with Crippen LogP contribution in [0, 0.1) is 11.8 Å². The molecule has 2 unspecified atom stereocenters. The quantitative estimate of drug-likeness (QED) is 0.410. The van der Waals surface area contributed by atoms with Gasteiger partial charge in [-0.15, -0.1) is 0 Å². The number of fused-ring (bicyclic) bond motifs is 2. The van der Waals surface area contributed by atoms with Crippen LogP contribution in [0.3, 0.4) is 0 Å². The monoisotopic (exact) mass is 140 g/mol. The Hall–Kier alpha value is -0.790. The average molecular weight is 140 g/mol. The Morgan fingerprint density at radius 2 is 1.70 bits per heavy atom. The zero-order chi connectivity index (χ0) is 7.40. The molecule has 0 radical (unpaired) electrons. The number of carbonyl (C=O) groups is 1. The first kappa shape index (κ1) is 7.32. The van der Waals surface area contributed by atoms with E-state index in [0.29, 0.717) is 0 Å². The molecule has 2 rings (SSSR count). The highest BCUT2D eigenvalue weighted by Gasteiger charge is 2.25. The Labute approximate surface area is 60.6 Å². The highest BCUT2D eigenvalue weighted by molar-refractivity contribution is 5.32. The van der Waals surface area contributed by atoms with E-state index in [9.17, 15) is 0 Å². The van der Waals surface area contributed by atoms with Crippen molar-refractivity contribution in [2.75, 3.05) is 0 Å². The molecular formula is C8H12O2. The highest BCUT2D eigenvalue weighted by atomic mass is 16.3. The van der Waals surface area contributed by atoms with E-state index in [1.807, 2.05) is 0 Å². The van der Waals surface area contributed by atoms with Crippen molar-refractivity contribution in [2.45, 2.75) is 19.3 Å². The molecule has 1 fully saturated rings. The SMILES string of the molecule is C1=CC2CCC1C2.O=CO. The lowest BCUT2D eigenvalue weighted by Gasteiger charge is -1.96. The van der Waals surface area contributed by atoms with Gasteiger partial charge in [-0.05, 0) is 31.1 Å². The van der Waals surface area contributed by atoms with Gasteiger partial charge < -0.3 is 5.11 Å². The first-order valence-corrected chi connectivity index (χ1v) is 3.63. The fourth-order valence-corrected chi connectivity index (χ4v) is 1.72. The summed E-state index contributed by atoms with van der Waals surface area (Å²) in [6.45, 7) is -0.250. The third kappa shape index (κ3) is 1.59. The predicted molar refractivity (Wildman–Crippen MR) is 38.7 cm³/mol. The zero-order valence-electron chi connectivity index (χ0n) is 5.86. The molecule has 2 aliphatic rings. The molecule has 0 amide bonds. The minimum Gasteiger partial charge on any atom is -0.483 e. The van der Waals surface area contributed by atoms with E-state index in [2.05, 4.69) is 12.2 Å². The molecule has 0 aromatic rings. The van der Waals surface area contributed by atoms with E-state index in [0.717, 1.165) is 11.8 Å². The fraction of sp³-hybridized carbons (Fsp3) is 0.625. The maximum atomic E-state index is 8.36. The minimum atomic E-state index is -0.250. The minimum absolute atomic E-state index is 0.250. The smallest absolute Gasteiger partial charge is 0.290 e. The largest absolute Gasteiger partial charge is 0.483 e. The van der Waals surface area contributed by atoms with Crippen molar-refractivity contribution in [3.05, 3.63) is 12.2 Å². The average Bonchev–Trinajstić information content (AvgIpc) is 2.49. The van der Waals surface area contributed by atoms with Crippen molar-refractivity contribution < 1.29 is 9.90 Å². The molecule has 56 valence electrons. The second-order valence-electron chi connectivity index (χ2n) is 2.82. The number of allylic oxidation sites excluding steroid dienone is 2. The molecule has 1 saturated carbocycles. The summed E-state index contributed by atoms with van der Waals surface area (Å²) in [5.41, 5.74) is 0. The molecule has 0 aromatic carbocycles. The lowest BCUT2D eigenvalue weighted by molar-refractivity contribution is -0.122. The van der Waals surface area contributed by atoms with Gasteiger partial charge in [0.05, 0.1) is 0 Å². The van der Waals surface area contributed by atoms with Crippen molar-refractivity contribution in [1.29, 1.82) is 0 Å². The molecule has 0 heterocycles. The van der Waals surface area contributed by atoms with Crippen LogP contribution in [0.25, 0.3) is 0 Å². The number of rotatable bonds is 0. The standard InChI is InChI=1S/C7H10.CH2O2/c1-2-7-4-3-6(1)5-7;2-1-3/h1-2,6-7H,3-5H2;1H,(H,2,3). The van der Waals surface area contributed by atoms with Crippen LogP contribution < -0.4 is 0 Å². The lowest BCUT2D eigenvalue weighted by atomic mass is 10.1. The van der Waals surface area contributed by atoms with Gasteiger partial charge in [0.2, 0.25) is 0 Å². The summed E-state index contributed by atoms with van der Waals surface area (Å²) in [7, 11) is 0. The Morgan fingerprint density at radius 3 is 1.80 bits per heavy atom. The molecule has 2 aliphatic carbocycles. The Balaban J connectivity index is 0.000000148. The van der Waals surface area contributed by atoms with Crippen LogP contribution in [-0.4, -0.2) is 11.6 Å². The predicted octanol–water partition coefficient (Wildman–Crippen LogP) is 1.67. The van der Waals surface area contributed by atoms with Gasteiger partial charge in [-0.2, -0.15) is 0 Å². The Bertz CT molecular complexity index is 128. The van der Waals surface area contributed by atoms with E-state index in [-0.39, 0.29) is 6.47 Å². The van der Waals surface area contributed by atoms with Crippen LogP contribution in [0.4, 0.5) is 0 Å². The van der Waals surface area contributed by atoms with E-state index >= 15 is 0 Å². The number of hydrogen-bond acceptors (Lipinski definition) is 1. The third-order valence-electron chi connectivity index (χ3n) is 2.17. The first-order valence-electron chi connectivity index (χ1n) is 3.63. The fourth-order valence-electron chi connectivity index (χ4n) is 1.72. The number of carboxylic acid groups (broad SMARTS) is 1. The van der Waals surface area contributed by atoms with Crippen LogP contribution in [0.5, 0.6) is 0 Å². The van der Waals surface area contributed by atoms with Gasteiger partial charge in [-0.3, -0.25) is 4.79 Å². The van der Waals surface area contributed by atoms with Gasteiger partial charge in [-0.25, -0.2) is 0 Å². The molecule has 0 aliphatic heterocycles. The summed E-state index contributed by atoms with van der Waals surface area (Å²) in [4.78, 5) is 8.36. The summed E-state index contributed by atoms with van der Waals surface area (Å²) in [6, 6.07) is 0. The van der Waals surface area contributed by atoms with Crippen molar-refractivity contribution in [1.82, 2.24) is 0 Å².